The summed E-state index contributed by atoms with van der Waals surface area (Å²) in [5.41, 5.74) is 1.01. The standard InChI is InChI=1S/C34H46N4O7Si/c1-21-31(46(3,4)43)29(18-30(40)37-15-7-10-24(37)20-39)45-34(21)26-17-25(44-2)12-13-28(26)38(33(34)42)19-22-8-5-9-23(16-22)36-32(41)27-11-6-14-35-27/h5,8-9,12-13,16-17,21,24,27,29,31,35,39,43H,6-7,10-11,14-15,18-20H2,1-4H3,(H,36,41)/t21-,24+,27-,29+,31-,34+/m1/s1. The quantitative estimate of drug-likeness (QED) is 0.304. The Morgan fingerprint density at radius 2 is 1.98 bits per heavy atom. The molecule has 3 fully saturated rings. The summed E-state index contributed by atoms with van der Waals surface area (Å²) in [6, 6.07) is 12.6. The predicted octanol–water partition coefficient (Wildman–Crippen LogP) is 3.10. The summed E-state index contributed by atoms with van der Waals surface area (Å²) in [6.07, 6.45) is 2.69. The van der Waals surface area contributed by atoms with Crippen LogP contribution in [-0.2, 0) is 31.3 Å². The van der Waals surface area contributed by atoms with Crippen LogP contribution >= 0.6 is 0 Å². The number of likely N-dealkylation sites (tertiary alicyclic amines) is 1. The number of aliphatic hydroxyl groups excluding tert-OH is 1. The highest BCUT2D eigenvalue weighted by Crippen LogP contribution is 2.60. The van der Waals surface area contributed by atoms with Gasteiger partial charge in [-0.3, -0.25) is 14.4 Å². The van der Waals surface area contributed by atoms with Crippen molar-refractivity contribution in [3.63, 3.8) is 0 Å². The molecule has 0 saturated carbocycles. The van der Waals surface area contributed by atoms with E-state index in [-0.39, 0.29) is 49.4 Å². The van der Waals surface area contributed by atoms with Crippen molar-refractivity contribution in [2.24, 2.45) is 5.92 Å². The largest absolute Gasteiger partial charge is 0.497 e. The Morgan fingerprint density at radius 3 is 2.67 bits per heavy atom. The van der Waals surface area contributed by atoms with Crippen LogP contribution in [-0.4, -0.2) is 85.8 Å². The number of hydrogen-bond donors (Lipinski definition) is 4. The highest BCUT2D eigenvalue weighted by Gasteiger charge is 2.66. The third-order valence-corrected chi connectivity index (χ3v) is 12.9. The summed E-state index contributed by atoms with van der Waals surface area (Å²) in [5.74, 6) is -0.308. The van der Waals surface area contributed by atoms with Gasteiger partial charge in [-0.25, -0.2) is 0 Å². The van der Waals surface area contributed by atoms with Crippen molar-refractivity contribution in [3.05, 3.63) is 53.6 Å². The van der Waals surface area contributed by atoms with Crippen molar-refractivity contribution in [1.29, 1.82) is 0 Å². The number of benzene rings is 2. The molecule has 0 unspecified atom stereocenters. The van der Waals surface area contributed by atoms with E-state index in [2.05, 4.69) is 10.6 Å². The smallest absolute Gasteiger partial charge is 0.264 e. The number of anilines is 2. The first-order valence-electron chi connectivity index (χ1n) is 16.4. The first-order chi connectivity index (χ1) is 22.0. The number of nitrogens with zero attached hydrogens (tertiary/aromatic N) is 2. The number of carbonyl (C=O) groups excluding carboxylic acids is 3. The summed E-state index contributed by atoms with van der Waals surface area (Å²) < 4.78 is 12.4. The van der Waals surface area contributed by atoms with Gasteiger partial charge in [0.25, 0.3) is 5.91 Å². The number of ether oxygens (including phenoxy) is 2. The number of carbonyl (C=O) groups is 3. The molecule has 4 heterocycles. The maximum Gasteiger partial charge on any atom is 0.264 e. The van der Waals surface area contributed by atoms with Crippen LogP contribution in [0, 0.1) is 5.92 Å². The van der Waals surface area contributed by atoms with Crippen molar-refractivity contribution >= 4 is 37.4 Å². The van der Waals surface area contributed by atoms with Gasteiger partial charge in [0.15, 0.2) is 13.9 Å². The lowest BCUT2D eigenvalue weighted by Gasteiger charge is -2.33. The number of amides is 3. The summed E-state index contributed by atoms with van der Waals surface area (Å²) in [5, 5.41) is 16.1. The zero-order valence-corrected chi connectivity index (χ0v) is 28.1. The van der Waals surface area contributed by atoms with Gasteiger partial charge in [0, 0.05) is 29.3 Å². The molecule has 3 amide bonds. The minimum Gasteiger partial charge on any atom is -0.497 e. The third-order valence-electron chi connectivity index (χ3n) is 10.4. The number of methoxy groups -OCH3 is 1. The van der Waals surface area contributed by atoms with Crippen LogP contribution in [0.4, 0.5) is 11.4 Å². The topological polar surface area (TPSA) is 141 Å². The van der Waals surface area contributed by atoms with Crippen LogP contribution in [0.25, 0.3) is 0 Å². The Kier molecular flexibility index (Phi) is 9.03. The molecular formula is C34H46N4O7Si. The van der Waals surface area contributed by atoms with E-state index < -0.39 is 31.5 Å². The second-order valence-electron chi connectivity index (χ2n) is 13.7. The van der Waals surface area contributed by atoms with Gasteiger partial charge in [0.2, 0.25) is 11.8 Å². The Bertz CT molecular complexity index is 1490. The molecule has 4 aliphatic rings. The van der Waals surface area contributed by atoms with Gasteiger partial charge >= 0.3 is 0 Å². The van der Waals surface area contributed by atoms with Gasteiger partial charge in [-0.05, 0) is 81.2 Å². The van der Waals surface area contributed by atoms with Gasteiger partial charge in [-0.1, -0.05) is 19.1 Å². The molecule has 2 aromatic rings. The lowest BCUT2D eigenvalue weighted by molar-refractivity contribution is -0.150. The molecule has 0 radical (unpaired) electrons. The molecule has 1 spiro atoms. The van der Waals surface area contributed by atoms with E-state index in [9.17, 15) is 24.3 Å². The van der Waals surface area contributed by atoms with Gasteiger partial charge in [-0.2, -0.15) is 0 Å². The Morgan fingerprint density at radius 1 is 1.17 bits per heavy atom. The van der Waals surface area contributed by atoms with Gasteiger partial charge in [0.1, 0.15) is 5.75 Å². The molecule has 6 rings (SSSR count). The normalized spacial score (nSPS) is 29.1. The molecule has 6 atom stereocenters. The fourth-order valence-electron chi connectivity index (χ4n) is 8.25. The molecule has 12 heteroatoms. The van der Waals surface area contributed by atoms with Crippen LogP contribution < -0.4 is 20.3 Å². The van der Waals surface area contributed by atoms with E-state index in [1.54, 1.807) is 16.9 Å². The molecule has 248 valence electrons. The van der Waals surface area contributed by atoms with Crippen molar-refractivity contribution in [2.75, 3.05) is 37.0 Å². The van der Waals surface area contributed by atoms with E-state index in [1.807, 2.05) is 62.5 Å². The molecule has 11 nitrogen and oxygen atoms in total. The molecule has 46 heavy (non-hydrogen) atoms. The molecule has 0 aromatic heterocycles. The summed E-state index contributed by atoms with van der Waals surface area (Å²) >= 11 is 0. The molecule has 3 saturated heterocycles. The van der Waals surface area contributed by atoms with Gasteiger partial charge in [-0.15, -0.1) is 0 Å². The number of rotatable bonds is 9. The van der Waals surface area contributed by atoms with Crippen LogP contribution in [0.15, 0.2) is 42.5 Å². The fraction of sp³-hybridized carbons (Fsp3) is 0.559. The lowest BCUT2D eigenvalue weighted by atomic mass is 9.82. The molecule has 0 aliphatic carbocycles. The van der Waals surface area contributed by atoms with Gasteiger partial charge < -0.3 is 39.8 Å². The summed E-state index contributed by atoms with van der Waals surface area (Å²) in [6.45, 7) is 7.17. The van der Waals surface area contributed by atoms with Gasteiger partial charge in [0.05, 0.1) is 50.6 Å². The number of hydrogen-bond acceptors (Lipinski definition) is 8. The van der Waals surface area contributed by atoms with E-state index in [0.29, 0.717) is 29.2 Å². The van der Waals surface area contributed by atoms with E-state index >= 15 is 0 Å². The minimum absolute atomic E-state index is 0.0222. The van der Waals surface area contributed by atoms with Crippen LogP contribution in [0.5, 0.6) is 5.75 Å². The summed E-state index contributed by atoms with van der Waals surface area (Å²) in [7, 11) is -1.40. The van der Waals surface area contributed by atoms with Crippen LogP contribution in [0.2, 0.25) is 18.6 Å². The summed E-state index contributed by atoms with van der Waals surface area (Å²) in [4.78, 5) is 56.2. The maximum absolute atomic E-state index is 14.8. The average molecular weight is 651 g/mol. The minimum atomic E-state index is -2.97. The van der Waals surface area contributed by atoms with Crippen molar-refractivity contribution in [3.8, 4) is 5.75 Å². The van der Waals surface area contributed by atoms with E-state index in [4.69, 9.17) is 9.47 Å². The van der Waals surface area contributed by atoms with Crippen LogP contribution in [0.3, 0.4) is 0 Å². The first-order valence-corrected chi connectivity index (χ1v) is 19.4. The molecular weight excluding hydrogens is 604 g/mol. The van der Waals surface area contributed by atoms with Crippen molar-refractivity contribution < 1.29 is 33.8 Å². The number of aliphatic hydroxyl groups is 1. The lowest BCUT2D eigenvalue weighted by Crippen LogP contribution is -2.46. The number of fused-ring (bicyclic) bond motifs is 2. The second kappa shape index (κ2) is 12.7. The van der Waals surface area contributed by atoms with Crippen molar-refractivity contribution in [2.45, 2.75) is 88.0 Å². The number of nitrogens with one attached hydrogen (secondary N) is 2. The Balaban J connectivity index is 1.32. The maximum atomic E-state index is 14.8. The van der Waals surface area contributed by atoms with Crippen LogP contribution in [0.1, 0.15) is 50.2 Å². The first kappa shape index (κ1) is 32.6. The van der Waals surface area contributed by atoms with E-state index in [0.717, 1.165) is 37.8 Å². The fourth-order valence-corrected chi connectivity index (χ4v) is 10.8. The highest BCUT2D eigenvalue weighted by atomic mass is 28.4. The molecule has 4 N–H and O–H groups in total. The molecule has 4 aliphatic heterocycles. The average Bonchev–Trinajstić information content (AvgIpc) is 3.81. The molecule has 0 bridgehead atoms. The third kappa shape index (κ3) is 5.74. The monoisotopic (exact) mass is 650 g/mol. The zero-order valence-electron chi connectivity index (χ0n) is 27.1. The Labute approximate surface area is 271 Å². The Hall–Kier alpha value is -3.29. The second-order valence-corrected chi connectivity index (χ2v) is 17.7. The van der Waals surface area contributed by atoms with Crippen molar-refractivity contribution in [1.82, 2.24) is 10.2 Å². The SMILES string of the molecule is COc1ccc2c(c1)[C@]1(O[C@@H](CC(=O)N3CCC[C@H]3CO)[C@H]([Si](C)(C)O)[C@H]1C)C(=O)N2Cc1cccc(NC(=O)[C@H]2CCCN2)c1. The highest BCUT2D eigenvalue weighted by molar-refractivity contribution is 6.71. The van der Waals surface area contributed by atoms with E-state index in [1.165, 1.54) is 0 Å². The predicted molar refractivity (Wildman–Crippen MR) is 176 cm³/mol. The zero-order chi connectivity index (χ0) is 32.8. The molecule has 2 aromatic carbocycles.